The van der Waals surface area contributed by atoms with Crippen molar-refractivity contribution in [2.45, 2.75) is 58.9 Å². The smallest absolute Gasteiger partial charge is 0.469 e. The van der Waals surface area contributed by atoms with Gasteiger partial charge in [0.15, 0.2) is 0 Å². The zero-order chi connectivity index (χ0) is 19.4. The summed E-state index contributed by atoms with van der Waals surface area (Å²) in [4.78, 5) is 14.8. The van der Waals surface area contributed by atoms with Gasteiger partial charge in [0.2, 0.25) is 0 Å². The van der Waals surface area contributed by atoms with E-state index in [9.17, 15) is 4.79 Å². The number of hydrogen-bond acceptors (Lipinski definition) is 3. The average molecular weight is 425 g/mol. The minimum Gasteiger partial charge on any atom is -0.469 e. The number of esters is 1. The van der Waals surface area contributed by atoms with Crippen molar-refractivity contribution in [1.29, 1.82) is 0 Å². The Morgan fingerprint density at radius 3 is 2.37 bits per heavy atom. The molecule has 27 heavy (non-hydrogen) atoms. The van der Waals surface area contributed by atoms with Crippen LogP contribution in [-0.2, 0) is 35.6 Å². The zero-order valence-corrected chi connectivity index (χ0v) is 20.7. The molecule has 4 heteroatoms. The monoisotopic (exact) mass is 423 g/mol. The molecule has 0 saturated carbocycles. The van der Waals surface area contributed by atoms with Crippen LogP contribution >= 0.6 is 0 Å². The molecular formula is C23H37NO2Zn. The van der Waals surface area contributed by atoms with Crippen LogP contribution in [-0.4, -0.2) is 31.1 Å². The molecule has 1 aromatic carbocycles. The van der Waals surface area contributed by atoms with Crippen LogP contribution in [0, 0.1) is 25.2 Å². The molecule has 0 amide bonds. The maximum absolute atomic E-state index is 12.4. The van der Waals surface area contributed by atoms with Gasteiger partial charge in [-0.25, -0.2) is 0 Å². The van der Waals surface area contributed by atoms with Gasteiger partial charge in [-0.3, -0.25) is 4.79 Å². The Morgan fingerprint density at radius 1 is 1.22 bits per heavy atom. The van der Waals surface area contributed by atoms with E-state index in [1.807, 2.05) is 6.07 Å². The van der Waals surface area contributed by atoms with Gasteiger partial charge in [0.05, 0.1) is 12.5 Å². The number of ether oxygens (including phenoxy) is 1. The molecule has 0 aromatic heterocycles. The summed E-state index contributed by atoms with van der Waals surface area (Å²) in [6.07, 6.45) is 6.54. The Hall–Kier alpha value is -0.727. The first-order chi connectivity index (χ1) is 12.5. The van der Waals surface area contributed by atoms with Crippen LogP contribution in [0.5, 0.6) is 0 Å². The molecule has 2 atom stereocenters. The van der Waals surface area contributed by atoms with Crippen molar-refractivity contribution in [2.75, 3.05) is 20.2 Å². The number of nitrogens with zero attached hydrogens (tertiary/aromatic N) is 1. The van der Waals surface area contributed by atoms with Crippen LogP contribution in [0.2, 0.25) is 0 Å². The summed E-state index contributed by atoms with van der Waals surface area (Å²) in [5.74, 6) is 0.0136. The first-order valence-corrected chi connectivity index (χ1v) is 10.0. The van der Waals surface area contributed by atoms with Crippen molar-refractivity contribution in [1.82, 2.24) is 4.90 Å². The van der Waals surface area contributed by atoms with E-state index in [2.05, 4.69) is 56.9 Å². The van der Waals surface area contributed by atoms with Gasteiger partial charge in [-0.2, -0.15) is 6.42 Å². The van der Waals surface area contributed by atoms with Crippen molar-refractivity contribution in [3.05, 3.63) is 49.7 Å². The first-order valence-electron chi connectivity index (χ1n) is 10.0. The van der Waals surface area contributed by atoms with Crippen molar-refractivity contribution in [2.24, 2.45) is 11.3 Å². The number of hydrogen-bond donors (Lipinski definition) is 0. The molecule has 0 radical (unpaired) electrons. The zero-order valence-electron chi connectivity index (χ0n) is 17.7. The van der Waals surface area contributed by atoms with Crippen molar-refractivity contribution in [3.63, 3.8) is 0 Å². The molecule has 3 nitrogen and oxygen atoms in total. The molecule has 2 rings (SSSR count). The number of unbranched alkanes of at least 4 members (excludes halogenated alkanes) is 3. The Balaban J connectivity index is 0.00000123. The molecule has 148 valence electrons. The number of carbonyl (C=O) groups excluding carboxylic acids is 1. The summed E-state index contributed by atoms with van der Waals surface area (Å²) >= 11 is 0. The molecule has 0 aliphatic carbocycles. The van der Waals surface area contributed by atoms with E-state index in [-0.39, 0.29) is 31.4 Å². The Labute approximate surface area is 180 Å². The molecule has 1 aliphatic rings. The second-order valence-corrected chi connectivity index (χ2v) is 7.31. The van der Waals surface area contributed by atoms with Crippen LogP contribution in [0.1, 0.15) is 57.9 Å². The van der Waals surface area contributed by atoms with Crippen molar-refractivity contribution in [3.8, 4) is 0 Å². The minimum absolute atomic E-state index is 0. The maximum Gasteiger partial charge on any atom is 2.00 e. The molecule has 0 bridgehead atoms. The standard InChI is InChI=1S/C19H28NO2.C4H9.Zn/c1-4-5-9-12-19(18(21)22-3)15-20(13-16(19)2)14-17-10-7-6-8-11-17;1-3-4-2;/h6-8,10-11,16H,2,4-5,9,12-15H2,1,3H3;1,3-4H2,2H3;/q2*-1;+2/t16-,19+;;/m1../s1. The van der Waals surface area contributed by atoms with E-state index >= 15 is 0 Å². The van der Waals surface area contributed by atoms with Gasteiger partial charge in [-0.15, -0.1) is 5.92 Å². The van der Waals surface area contributed by atoms with Crippen LogP contribution < -0.4 is 0 Å². The summed E-state index contributed by atoms with van der Waals surface area (Å²) in [6, 6.07) is 10.4. The normalized spacial score (nSPS) is 21.7. The van der Waals surface area contributed by atoms with Gasteiger partial charge in [0.1, 0.15) is 0 Å². The van der Waals surface area contributed by atoms with Gasteiger partial charge in [0, 0.05) is 13.1 Å². The molecule has 0 unspecified atom stereocenters. The van der Waals surface area contributed by atoms with Crippen LogP contribution in [0.25, 0.3) is 0 Å². The van der Waals surface area contributed by atoms with E-state index in [4.69, 9.17) is 4.74 Å². The average Bonchev–Trinajstić information content (AvgIpc) is 2.98. The van der Waals surface area contributed by atoms with E-state index < -0.39 is 5.41 Å². The molecule has 1 heterocycles. The van der Waals surface area contributed by atoms with Crippen molar-refractivity contribution < 1.29 is 29.0 Å². The molecular weight excluding hydrogens is 388 g/mol. The number of rotatable bonds is 8. The molecule has 1 aliphatic heterocycles. The van der Waals surface area contributed by atoms with Gasteiger partial charge in [-0.1, -0.05) is 69.9 Å². The number of benzene rings is 1. The van der Waals surface area contributed by atoms with Crippen LogP contribution in [0.4, 0.5) is 0 Å². The Morgan fingerprint density at radius 2 is 1.85 bits per heavy atom. The predicted octanol–water partition coefficient (Wildman–Crippen LogP) is 5.31. The fraction of sp³-hybridized carbons (Fsp3) is 0.609. The molecule has 1 aromatic rings. The molecule has 0 N–H and O–H groups in total. The molecule has 0 spiro atoms. The van der Waals surface area contributed by atoms with E-state index in [1.165, 1.54) is 19.1 Å². The fourth-order valence-electron chi connectivity index (χ4n) is 3.55. The number of methoxy groups -OCH3 is 1. The molecule has 1 fully saturated rings. The summed E-state index contributed by atoms with van der Waals surface area (Å²) in [5, 5.41) is 0. The first kappa shape index (κ1) is 26.3. The van der Waals surface area contributed by atoms with Crippen LogP contribution in [0.15, 0.2) is 30.3 Å². The fourth-order valence-corrected chi connectivity index (χ4v) is 3.55. The third-order valence-corrected chi connectivity index (χ3v) is 5.19. The summed E-state index contributed by atoms with van der Waals surface area (Å²) in [6.45, 7) is 14.7. The summed E-state index contributed by atoms with van der Waals surface area (Å²) in [5.41, 5.74) is 0.850. The van der Waals surface area contributed by atoms with E-state index in [0.717, 1.165) is 51.7 Å². The molecule has 1 saturated heterocycles. The van der Waals surface area contributed by atoms with Gasteiger partial charge >= 0.3 is 25.4 Å². The second-order valence-electron chi connectivity index (χ2n) is 7.31. The Bertz CT molecular complexity index is 506. The van der Waals surface area contributed by atoms with Crippen LogP contribution in [0.3, 0.4) is 0 Å². The quantitative estimate of drug-likeness (QED) is 0.245. The second kappa shape index (κ2) is 14.3. The van der Waals surface area contributed by atoms with Gasteiger partial charge in [-0.05, 0) is 18.5 Å². The summed E-state index contributed by atoms with van der Waals surface area (Å²) < 4.78 is 5.13. The number of likely N-dealkylation sites (tertiary alicyclic amines) is 1. The predicted molar refractivity (Wildman–Crippen MR) is 109 cm³/mol. The largest absolute Gasteiger partial charge is 2.00 e. The number of carbonyl (C=O) groups is 1. The minimum atomic E-state index is -0.432. The van der Waals surface area contributed by atoms with Gasteiger partial charge in [0.25, 0.3) is 0 Å². The third-order valence-electron chi connectivity index (χ3n) is 5.19. The SMILES string of the molecule is [CH2-]CCC.[CH2-][C@@H]1CN(Cc2ccccc2)C[C@]1(CCCCC)C(=O)OC.[Zn+2]. The van der Waals surface area contributed by atoms with E-state index in [0.29, 0.717) is 0 Å². The summed E-state index contributed by atoms with van der Waals surface area (Å²) in [7, 11) is 1.50. The third kappa shape index (κ3) is 8.04. The van der Waals surface area contributed by atoms with Crippen molar-refractivity contribution >= 4 is 5.97 Å². The maximum atomic E-state index is 12.4. The topological polar surface area (TPSA) is 29.5 Å². The Kier molecular flexibility index (Phi) is 13.9. The van der Waals surface area contributed by atoms with Gasteiger partial charge < -0.3 is 23.5 Å². The van der Waals surface area contributed by atoms with E-state index in [1.54, 1.807) is 0 Å².